The summed E-state index contributed by atoms with van der Waals surface area (Å²) in [7, 11) is 0. The van der Waals surface area contributed by atoms with Crippen molar-refractivity contribution in [1.29, 1.82) is 5.41 Å². The molecule has 0 unspecified atom stereocenters. The maximum absolute atomic E-state index is 7.10. The zero-order chi connectivity index (χ0) is 8.55. The molecule has 6 nitrogen and oxygen atoms in total. The SMILES string of the molecule is N=C(N)c1nc2ncncc2[nH]1. The van der Waals surface area contributed by atoms with E-state index in [9.17, 15) is 0 Å². The fourth-order valence-electron chi connectivity index (χ4n) is 0.889. The molecule has 2 rings (SSSR count). The van der Waals surface area contributed by atoms with Crippen LogP contribution in [0.2, 0.25) is 0 Å². The van der Waals surface area contributed by atoms with Gasteiger partial charge in [-0.25, -0.2) is 15.0 Å². The maximum atomic E-state index is 7.10. The zero-order valence-electron chi connectivity index (χ0n) is 6.07. The van der Waals surface area contributed by atoms with E-state index < -0.39 is 0 Å². The minimum atomic E-state index is -0.104. The number of rotatable bonds is 1. The van der Waals surface area contributed by atoms with Gasteiger partial charge in [0.05, 0.1) is 6.20 Å². The lowest BCUT2D eigenvalue weighted by atomic mass is 10.6. The molecule has 6 heteroatoms. The van der Waals surface area contributed by atoms with Crippen molar-refractivity contribution < 1.29 is 0 Å². The summed E-state index contributed by atoms with van der Waals surface area (Å²) >= 11 is 0. The molecule has 2 aromatic heterocycles. The first-order valence-corrected chi connectivity index (χ1v) is 3.27. The van der Waals surface area contributed by atoms with E-state index >= 15 is 0 Å². The number of hydrogen-bond acceptors (Lipinski definition) is 4. The summed E-state index contributed by atoms with van der Waals surface area (Å²) < 4.78 is 0. The van der Waals surface area contributed by atoms with Gasteiger partial charge in [0.25, 0.3) is 0 Å². The van der Waals surface area contributed by atoms with Crippen molar-refractivity contribution in [3.63, 3.8) is 0 Å². The molecule has 0 spiro atoms. The van der Waals surface area contributed by atoms with Crippen molar-refractivity contribution >= 4 is 17.0 Å². The minimum Gasteiger partial charge on any atom is -0.381 e. The van der Waals surface area contributed by atoms with Crippen molar-refractivity contribution in [1.82, 2.24) is 19.9 Å². The molecule has 0 radical (unpaired) electrons. The number of aromatic amines is 1. The highest BCUT2D eigenvalue weighted by molar-refractivity contribution is 5.93. The van der Waals surface area contributed by atoms with Crippen molar-refractivity contribution in [2.75, 3.05) is 0 Å². The third kappa shape index (κ3) is 0.895. The Morgan fingerprint density at radius 3 is 3.08 bits per heavy atom. The Bertz CT molecular complexity index is 397. The van der Waals surface area contributed by atoms with E-state index in [-0.39, 0.29) is 5.84 Å². The van der Waals surface area contributed by atoms with Crippen molar-refractivity contribution in [3.8, 4) is 0 Å². The molecule has 0 atom stereocenters. The second-order valence-corrected chi connectivity index (χ2v) is 2.26. The van der Waals surface area contributed by atoms with E-state index in [1.54, 1.807) is 6.20 Å². The van der Waals surface area contributed by atoms with Crippen LogP contribution in [-0.2, 0) is 0 Å². The fraction of sp³-hybridized carbons (Fsp3) is 0. The lowest BCUT2D eigenvalue weighted by Gasteiger charge is -1.85. The van der Waals surface area contributed by atoms with E-state index in [0.717, 1.165) is 0 Å². The predicted octanol–water partition coefficient (Wildman–Crippen LogP) is -0.363. The summed E-state index contributed by atoms with van der Waals surface area (Å²) in [5, 5.41) is 7.10. The average Bonchev–Trinajstić information content (AvgIpc) is 2.46. The van der Waals surface area contributed by atoms with Crippen LogP contribution < -0.4 is 5.73 Å². The summed E-state index contributed by atoms with van der Waals surface area (Å²) in [4.78, 5) is 14.4. The number of nitrogen functional groups attached to an aromatic ring is 1. The molecule has 0 amide bonds. The third-order valence-electron chi connectivity index (χ3n) is 1.42. The predicted molar refractivity (Wildman–Crippen MR) is 42.7 cm³/mol. The van der Waals surface area contributed by atoms with E-state index in [1.807, 2.05) is 0 Å². The third-order valence-corrected chi connectivity index (χ3v) is 1.42. The first-order valence-electron chi connectivity index (χ1n) is 3.27. The second-order valence-electron chi connectivity index (χ2n) is 2.26. The number of H-pyrrole nitrogens is 1. The van der Waals surface area contributed by atoms with Crippen LogP contribution in [0.4, 0.5) is 0 Å². The second kappa shape index (κ2) is 2.26. The van der Waals surface area contributed by atoms with Crippen LogP contribution in [-0.4, -0.2) is 25.8 Å². The molecule has 0 bridgehead atoms. The van der Waals surface area contributed by atoms with Gasteiger partial charge in [-0.3, -0.25) is 5.41 Å². The van der Waals surface area contributed by atoms with E-state index in [0.29, 0.717) is 17.0 Å². The van der Waals surface area contributed by atoms with Gasteiger partial charge in [0.15, 0.2) is 17.3 Å². The Kier molecular flexibility index (Phi) is 1.26. The normalized spacial score (nSPS) is 10.3. The molecular weight excluding hydrogens is 156 g/mol. The lowest BCUT2D eigenvalue weighted by Crippen LogP contribution is -2.12. The monoisotopic (exact) mass is 162 g/mol. The van der Waals surface area contributed by atoms with Gasteiger partial charge >= 0.3 is 0 Å². The maximum Gasteiger partial charge on any atom is 0.181 e. The number of imidazole rings is 1. The van der Waals surface area contributed by atoms with Gasteiger partial charge in [-0.2, -0.15) is 0 Å². The highest BCUT2D eigenvalue weighted by Crippen LogP contribution is 2.04. The molecule has 2 aromatic rings. The smallest absolute Gasteiger partial charge is 0.181 e. The van der Waals surface area contributed by atoms with Crippen LogP contribution in [0.25, 0.3) is 11.2 Å². The van der Waals surface area contributed by atoms with Crippen LogP contribution in [0.1, 0.15) is 5.82 Å². The summed E-state index contributed by atoms with van der Waals surface area (Å²) in [5.41, 5.74) is 6.43. The summed E-state index contributed by atoms with van der Waals surface area (Å²) in [6.45, 7) is 0. The van der Waals surface area contributed by atoms with Gasteiger partial charge in [-0.15, -0.1) is 0 Å². The molecule has 0 aromatic carbocycles. The lowest BCUT2D eigenvalue weighted by molar-refractivity contribution is 1.19. The Labute approximate surface area is 67.4 Å². The summed E-state index contributed by atoms with van der Waals surface area (Å²) in [6.07, 6.45) is 2.98. The van der Waals surface area contributed by atoms with Crippen LogP contribution in [0, 0.1) is 5.41 Å². The average molecular weight is 162 g/mol. The number of fused-ring (bicyclic) bond motifs is 1. The Hall–Kier alpha value is -1.98. The number of aromatic nitrogens is 4. The highest BCUT2D eigenvalue weighted by Gasteiger charge is 2.04. The minimum absolute atomic E-state index is 0.104. The van der Waals surface area contributed by atoms with Gasteiger partial charge in [0.2, 0.25) is 0 Å². The van der Waals surface area contributed by atoms with Crippen LogP contribution in [0.3, 0.4) is 0 Å². The molecule has 0 aliphatic heterocycles. The molecule has 0 fully saturated rings. The van der Waals surface area contributed by atoms with Gasteiger partial charge in [0.1, 0.15) is 11.8 Å². The molecule has 0 saturated carbocycles. The number of nitrogens with zero attached hydrogens (tertiary/aromatic N) is 3. The molecule has 4 N–H and O–H groups in total. The fourth-order valence-corrected chi connectivity index (χ4v) is 0.889. The number of amidine groups is 1. The Balaban J connectivity index is 2.70. The zero-order valence-corrected chi connectivity index (χ0v) is 6.07. The first kappa shape index (κ1) is 6.71. The summed E-state index contributed by atoms with van der Waals surface area (Å²) in [5.74, 6) is 0.221. The van der Waals surface area contributed by atoms with Crippen LogP contribution in [0.15, 0.2) is 12.5 Å². The summed E-state index contributed by atoms with van der Waals surface area (Å²) in [6, 6.07) is 0. The number of nitrogens with one attached hydrogen (secondary N) is 2. The van der Waals surface area contributed by atoms with E-state index in [2.05, 4.69) is 19.9 Å². The molecule has 0 saturated heterocycles. The molecule has 0 aliphatic carbocycles. The van der Waals surface area contributed by atoms with Gasteiger partial charge in [-0.05, 0) is 0 Å². The highest BCUT2D eigenvalue weighted by atomic mass is 15.0. The quantitative estimate of drug-likeness (QED) is 0.393. The van der Waals surface area contributed by atoms with Gasteiger partial charge < -0.3 is 10.7 Å². The molecule has 60 valence electrons. The number of nitrogens with two attached hydrogens (primary N) is 1. The van der Waals surface area contributed by atoms with Crippen LogP contribution in [0.5, 0.6) is 0 Å². The Morgan fingerprint density at radius 2 is 2.42 bits per heavy atom. The standard InChI is InChI=1S/C6H6N6/c7-4(8)6-11-3-1-9-2-10-5(3)12-6/h1-2H,(H3,7,8)(H,9,10,11,12). The molecule has 12 heavy (non-hydrogen) atoms. The largest absolute Gasteiger partial charge is 0.381 e. The Morgan fingerprint density at radius 1 is 1.58 bits per heavy atom. The van der Waals surface area contributed by atoms with Crippen LogP contribution >= 0.6 is 0 Å². The van der Waals surface area contributed by atoms with E-state index in [1.165, 1.54) is 6.33 Å². The van der Waals surface area contributed by atoms with E-state index in [4.69, 9.17) is 11.1 Å². The molecular formula is C6H6N6. The first-order chi connectivity index (χ1) is 5.77. The number of hydrogen-bond donors (Lipinski definition) is 3. The van der Waals surface area contributed by atoms with Gasteiger partial charge in [-0.1, -0.05) is 0 Å². The van der Waals surface area contributed by atoms with Crippen molar-refractivity contribution in [2.45, 2.75) is 0 Å². The molecule has 0 aliphatic rings. The van der Waals surface area contributed by atoms with Crippen molar-refractivity contribution in [3.05, 3.63) is 18.3 Å². The van der Waals surface area contributed by atoms with Crippen molar-refractivity contribution in [2.24, 2.45) is 5.73 Å². The molecule has 2 heterocycles. The topological polar surface area (TPSA) is 104 Å². The van der Waals surface area contributed by atoms with Gasteiger partial charge in [0, 0.05) is 0 Å².